The Bertz CT molecular complexity index is 954. The zero-order valence-corrected chi connectivity index (χ0v) is 20.1. The number of aryl methyl sites for hydroxylation is 3. The maximum atomic E-state index is 13.2. The first-order valence-corrected chi connectivity index (χ1v) is 11.2. The van der Waals surface area contributed by atoms with Crippen LogP contribution < -0.4 is 5.48 Å². The molecule has 2 heterocycles. The highest BCUT2D eigenvalue weighted by Gasteiger charge is 2.26. The third kappa shape index (κ3) is 6.33. The molecule has 1 unspecified atom stereocenters. The number of halogens is 1. The van der Waals surface area contributed by atoms with Crippen molar-refractivity contribution in [2.24, 2.45) is 10.6 Å². The van der Waals surface area contributed by atoms with E-state index in [1.165, 1.54) is 5.56 Å². The number of rotatable bonds is 9. The van der Waals surface area contributed by atoms with Gasteiger partial charge in [0.25, 0.3) is 0 Å². The lowest BCUT2D eigenvalue weighted by molar-refractivity contribution is -0.0580. The van der Waals surface area contributed by atoms with Gasteiger partial charge < -0.3 is 9.68 Å². The molecule has 174 valence electrons. The molecule has 2 aromatic rings. The largest absolute Gasteiger partial charge is 0.395 e. The van der Waals surface area contributed by atoms with Gasteiger partial charge in [-0.05, 0) is 81.8 Å². The van der Waals surface area contributed by atoms with Crippen LogP contribution in [0, 0.1) is 26.2 Å². The fourth-order valence-electron chi connectivity index (χ4n) is 3.97. The van der Waals surface area contributed by atoms with Crippen molar-refractivity contribution < 1.29 is 14.1 Å². The van der Waals surface area contributed by atoms with Gasteiger partial charge >= 0.3 is 0 Å². The normalized spacial score (nSPS) is 16.7. The monoisotopic (exact) mass is 442 g/mol. The Morgan fingerprint density at radius 2 is 1.97 bits per heavy atom. The second-order valence-corrected chi connectivity index (χ2v) is 9.56. The van der Waals surface area contributed by atoms with Gasteiger partial charge in [-0.15, -0.1) is 0 Å². The van der Waals surface area contributed by atoms with E-state index in [9.17, 15) is 4.39 Å². The number of nitrogens with one attached hydrogen (secondary N) is 1. The Balaban J connectivity index is 1.53. The first-order valence-electron chi connectivity index (χ1n) is 11.2. The molecule has 32 heavy (non-hydrogen) atoms. The van der Waals surface area contributed by atoms with Crippen LogP contribution in [0.2, 0.25) is 0 Å². The van der Waals surface area contributed by atoms with E-state index in [1.807, 2.05) is 45.9 Å². The van der Waals surface area contributed by atoms with Crippen molar-refractivity contribution in [3.05, 3.63) is 57.7 Å². The van der Waals surface area contributed by atoms with E-state index in [1.54, 1.807) is 0 Å². The van der Waals surface area contributed by atoms with Gasteiger partial charge in [0.15, 0.2) is 0 Å². The zero-order valence-electron chi connectivity index (χ0n) is 20.1. The quantitative estimate of drug-likeness (QED) is 0.425. The molecule has 0 spiro atoms. The number of oxime groups is 1. The van der Waals surface area contributed by atoms with Gasteiger partial charge in [-0.3, -0.25) is 9.97 Å². The van der Waals surface area contributed by atoms with Gasteiger partial charge in [0.05, 0.1) is 29.7 Å². The van der Waals surface area contributed by atoms with E-state index < -0.39 is 6.67 Å². The summed E-state index contributed by atoms with van der Waals surface area (Å²) in [5, 5.41) is 4.25. The lowest BCUT2D eigenvalue weighted by atomic mass is 9.89. The number of hydrogen-bond donors (Lipinski definition) is 1. The van der Waals surface area contributed by atoms with Crippen molar-refractivity contribution in [2.75, 3.05) is 13.2 Å². The van der Waals surface area contributed by atoms with Gasteiger partial charge in [-0.2, -0.15) is 5.48 Å². The number of aromatic nitrogens is 2. The topological polar surface area (TPSA) is 68.6 Å². The summed E-state index contributed by atoms with van der Waals surface area (Å²) in [5.41, 5.74) is 10.3. The van der Waals surface area contributed by atoms with Crippen LogP contribution in [-0.4, -0.2) is 28.9 Å². The number of hydroxylamine groups is 1. The Hall–Kier alpha value is -2.38. The van der Waals surface area contributed by atoms with Crippen molar-refractivity contribution in [1.29, 1.82) is 0 Å². The van der Waals surface area contributed by atoms with Gasteiger partial charge in [-0.25, -0.2) is 4.39 Å². The Morgan fingerprint density at radius 1 is 1.19 bits per heavy atom. The summed E-state index contributed by atoms with van der Waals surface area (Å²) in [6.07, 6.45) is 2.95. The third-order valence-corrected chi connectivity index (χ3v) is 5.63. The van der Waals surface area contributed by atoms with Crippen LogP contribution in [0.4, 0.5) is 4.39 Å². The molecule has 1 aliphatic rings. The first-order chi connectivity index (χ1) is 15.2. The lowest BCUT2D eigenvalue weighted by Gasteiger charge is -2.29. The van der Waals surface area contributed by atoms with Crippen LogP contribution in [0.3, 0.4) is 0 Å². The molecule has 0 saturated carbocycles. The van der Waals surface area contributed by atoms with Crippen LogP contribution in [0.1, 0.15) is 79.1 Å². The minimum absolute atomic E-state index is 0.0310. The Kier molecular flexibility index (Phi) is 7.96. The minimum atomic E-state index is -0.552. The molecule has 0 amide bonds. The molecule has 0 bridgehead atoms. The second-order valence-electron chi connectivity index (χ2n) is 9.56. The third-order valence-electron chi connectivity index (χ3n) is 5.63. The van der Waals surface area contributed by atoms with Crippen LogP contribution in [0.5, 0.6) is 0 Å². The summed E-state index contributed by atoms with van der Waals surface area (Å²) in [6, 6.07) is 5.85. The van der Waals surface area contributed by atoms with Gasteiger partial charge in [0.2, 0.25) is 0 Å². The highest BCUT2D eigenvalue weighted by atomic mass is 19.1. The smallest absolute Gasteiger partial charge is 0.131 e. The van der Waals surface area contributed by atoms with Crippen molar-refractivity contribution in [2.45, 2.75) is 73.5 Å². The van der Waals surface area contributed by atoms with E-state index in [2.05, 4.69) is 34.5 Å². The molecule has 1 aliphatic carbocycles. The predicted molar refractivity (Wildman–Crippen MR) is 124 cm³/mol. The van der Waals surface area contributed by atoms with Gasteiger partial charge in [0, 0.05) is 11.1 Å². The lowest BCUT2D eigenvalue weighted by Crippen LogP contribution is -2.33. The molecular formula is C25H35FN4O2. The number of hydrogen-bond acceptors (Lipinski definition) is 6. The Morgan fingerprint density at radius 3 is 2.69 bits per heavy atom. The molecule has 6 nitrogen and oxygen atoms in total. The van der Waals surface area contributed by atoms with Crippen molar-refractivity contribution in [3.8, 4) is 0 Å². The second kappa shape index (κ2) is 10.5. The number of fused-ring (bicyclic) bond motifs is 1. The standard InChI is InChI=1S/C25H35FN4O2/c1-16-10-18(3)27-23(11-16)19(4)29-31-14-25(5,6)15-32-30-22-9-7-8-21-17(2)12-20(13-26)28-24(21)22/h10-12,22,30H,7-9,13-15H2,1-6H3/b29-19+. The molecule has 1 atom stereocenters. The van der Waals surface area contributed by atoms with E-state index in [-0.39, 0.29) is 11.5 Å². The maximum Gasteiger partial charge on any atom is 0.131 e. The molecular weight excluding hydrogens is 407 g/mol. The van der Waals surface area contributed by atoms with E-state index in [4.69, 9.17) is 9.68 Å². The maximum absolute atomic E-state index is 13.2. The highest BCUT2D eigenvalue weighted by molar-refractivity contribution is 5.96. The summed E-state index contributed by atoms with van der Waals surface area (Å²) >= 11 is 0. The summed E-state index contributed by atoms with van der Waals surface area (Å²) in [5.74, 6) is 0. The number of pyridine rings is 2. The van der Waals surface area contributed by atoms with Crippen molar-refractivity contribution in [3.63, 3.8) is 0 Å². The van der Waals surface area contributed by atoms with Crippen LogP contribution in [0.25, 0.3) is 0 Å². The Labute approximate surface area is 190 Å². The zero-order chi connectivity index (χ0) is 23.3. The summed E-state index contributed by atoms with van der Waals surface area (Å²) in [7, 11) is 0. The van der Waals surface area contributed by atoms with Gasteiger partial charge in [-0.1, -0.05) is 19.0 Å². The van der Waals surface area contributed by atoms with E-state index >= 15 is 0 Å². The van der Waals surface area contributed by atoms with E-state index in [0.29, 0.717) is 18.9 Å². The molecule has 0 aromatic carbocycles. The number of nitrogens with zero attached hydrogens (tertiary/aromatic N) is 3. The predicted octanol–water partition coefficient (Wildman–Crippen LogP) is 5.24. The molecule has 0 fully saturated rings. The minimum Gasteiger partial charge on any atom is -0.395 e. The summed E-state index contributed by atoms with van der Waals surface area (Å²) in [6.45, 7) is 12.4. The molecule has 0 radical (unpaired) electrons. The van der Waals surface area contributed by atoms with E-state index in [0.717, 1.165) is 53.2 Å². The van der Waals surface area contributed by atoms with Crippen LogP contribution in [0.15, 0.2) is 23.4 Å². The van der Waals surface area contributed by atoms with Crippen molar-refractivity contribution in [1.82, 2.24) is 15.4 Å². The van der Waals surface area contributed by atoms with Crippen LogP contribution in [-0.2, 0) is 22.8 Å². The fraction of sp³-hybridized carbons (Fsp3) is 0.560. The van der Waals surface area contributed by atoms with Gasteiger partial charge in [0.1, 0.15) is 19.0 Å². The molecule has 7 heteroatoms. The molecule has 2 aromatic heterocycles. The molecule has 1 N–H and O–H groups in total. The first kappa shape index (κ1) is 24.3. The SMILES string of the molecule is C/C(=N\OCC(C)(C)CONC1CCCc2c(C)cc(CF)nc21)c1cc(C)cc(C)n1. The molecule has 0 saturated heterocycles. The van der Waals surface area contributed by atoms with Crippen LogP contribution >= 0.6 is 0 Å². The molecule has 0 aliphatic heterocycles. The average molecular weight is 443 g/mol. The molecule has 3 rings (SSSR count). The summed E-state index contributed by atoms with van der Waals surface area (Å²) < 4.78 is 13.2. The summed E-state index contributed by atoms with van der Waals surface area (Å²) in [4.78, 5) is 20.5. The fourth-order valence-corrected chi connectivity index (χ4v) is 3.97. The average Bonchev–Trinajstić information content (AvgIpc) is 2.73. The number of alkyl halides is 1. The van der Waals surface area contributed by atoms with Crippen molar-refractivity contribution >= 4 is 5.71 Å². The highest BCUT2D eigenvalue weighted by Crippen LogP contribution is 2.31.